The molecular weight excluding hydrogens is 492 g/mol. The van der Waals surface area contributed by atoms with Crippen molar-refractivity contribution in [2.45, 2.75) is 30.5 Å². The minimum Gasteiger partial charge on any atom is -0.508 e. The Morgan fingerprint density at radius 2 is 1.63 bits per heavy atom. The summed E-state index contributed by atoms with van der Waals surface area (Å²) in [5.41, 5.74) is -1.45. The van der Waals surface area contributed by atoms with Gasteiger partial charge in [0.1, 0.15) is 58.9 Å². The summed E-state index contributed by atoms with van der Waals surface area (Å²) in [7, 11) is -5.24. The lowest BCUT2D eigenvalue weighted by molar-refractivity contribution is -0.225. The van der Waals surface area contributed by atoms with Crippen LogP contribution < -0.4 is 5.43 Å². The smallest absolute Gasteiger partial charge is 0.397 e. The summed E-state index contributed by atoms with van der Waals surface area (Å²) < 4.78 is 47.9. The number of ether oxygens (including phenoxy) is 1. The summed E-state index contributed by atoms with van der Waals surface area (Å²) >= 11 is 0. The van der Waals surface area contributed by atoms with Crippen LogP contribution in [0.4, 0.5) is 0 Å². The summed E-state index contributed by atoms with van der Waals surface area (Å²) in [6.07, 6.45) is -9.36. The van der Waals surface area contributed by atoms with Crippen molar-refractivity contribution < 1.29 is 56.9 Å². The van der Waals surface area contributed by atoms with Crippen molar-refractivity contribution >= 4 is 21.4 Å². The van der Waals surface area contributed by atoms with E-state index in [9.17, 15) is 48.4 Å². The standard InChI is InChI=1S/C21H20O13S/c22-7-14-17(27)18(28)21(34-35(29,30)31)20(33-14)16-11(25)5-10(24)15-12(26)6-13(32-19(15)16)8-1-3-9(23)4-2-8/h1-6,14,17-18,20-25,27-28H,7H2,(H,29,30,31). The highest BCUT2D eigenvalue weighted by atomic mass is 32.3. The van der Waals surface area contributed by atoms with Crippen molar-refractivity contribution in [3.8, 4) is 28.6 Å². The van der Waals surface area contributed by atoms with E-state index in [0.29, 0.717) is 5.56 Å². The van der Waals surface area contributed by atoms with E-state index in [0.717, 1.165) is 12.1 Å². The molecule has 5 unspecified atom stereocenters. The topological polar surface area (TPSA) is 224 Å². The minimum absolute atomic E-state index is 0.0729. The summed E-state index contributed by atoms with van der Waals surface area (Å²) in [6.45, 7) is -0.854. The Morgan fingerprint density at radius 3 is 2.23 bits per heavy atom. The number of phenols is 3. The maximum Gasteiger partial charge on any atom is 0.397 e. The highest BCUT2D eigenvalue weighted by Crippen LogP contribution is 2.44. The molecule has 0 aliphatic carbocycles. The molecule has 7 N–H and O–H groups in total. The molecule has 0 saturated carbocycles. The zero-order chi connectivity index (χ0) is 25.7. The van der Waals surface area contributed by atoms with E-state index in [1.165, 1.54) is 24.3 Å². The van der Waals surface area contributed by atoms with Crippen LogP contribution in [-0.4, -0.2) is 74.6 Å². The first-order valence-electron chi connectivity index (χ1n) is 10.0. The van der Waals surface area contributed by atoms with E-state index in [2.05, 4.69) is 4.18 Å². The van der Waals surface area contributed by atoms with Gasteiger partial charge in [-0.25, -0.2) is 4.18 Å². The summed E-state index contributed by atoms with van der Waals surface area (Å²) in [5.74, 6) is -1.64. The highest BCUT2D eigenvalue weighted by molar-refractivity contribution is 7.80. The summed E-state index contributed by atoms with van der Waals surface area (Å²) in [4.78, 5) is 12.9. The molecule has 2 heterocycles. The van der Waals surface area contributed by atoms with Gasteiger partial charge >= 0.3 is 10.4 Å². The van der Waals surface area contributed by atoms with Gasteiger partial charge in [0.25, 0.3) is 0 Å². The number of benzene rings is 2. The van der Waals surface area contributed by atoms with Crippen LogP contribution in [0.2, 0.25) is 0 Å². The van der Waals surface area contributed by atoms with E-state index in [1.807, 2.05) is 0 Å². The van der Waals surface area contributed by atoms with Gasteiger partial charge in [0.15, 0.2) is 11.0 Å². The fourth-order valence-electron chi connectivity index (χ4n) is 3.94. The van der Waals surface area contributed by atoms with E-state index < -0.39 is 81.0 Å². The Balaban J connectivity index is 2.00. The largest absolute Gasteiger partial charge is 0.508 e. The van der Waals surface area contributed by atoms with Gasteiger partial charge in [-0.15, -0.1) is 0 Å². The molecule has 1 aliphatic rings. The normalized spacial score (nSPS) is 25.1. The first kappa shape index (κ1) is 24.9. The first-order valence-corrected chi connectivity index (χ1v) is 11.4. The van der Waals surface area contributed by atoms with Gasteiger partial charge in [0.05, 0.1) is 12.2 Å². The highest BCUT2D eigenvalue weighted by Gasteiger charge is 2.49. The maximum atomic E-state index is 12.9. The van der Waals surface area contributed by atoms with Crippen LogP contribution in [-0.2, 0) is 19.3 Å². The molecule has 2 aromatic carbocycles. The molecule has 0 bridgehead atoms. The van der Waals surface area contributed by atoms with Crippen LogP contribution in [0.25, 0.3) is 22.3 Å². The van der Waals surface area contributed by atoms with Crippen LogP contribution in [0, 0.1) is 0 Å². The summed E-state index contributed by atoms with van der Waals surface area (Å²) in [6, 6.07) is 7.21. The van der Waals surface area contributed by atoms with Crippen LogP contribution in [0.3, 0.4) is 0 Å². The Labute approximate surface area is 196 Å². The fourth-order valence-corrected chi connectivity index (χ4v) is 4.43. The molecule has 1 aliphatic heterocycles. The van der Waals surface area contributed by atoms with Gasteiger partial charge in [-0.1, -0.05) is 0 Å². The van der Waals surface area contributed by atoms with Crippen molar-refractivity contribution in [1.82, 2.24) is 0 Å². The monoisotopic (exact) mass is 512 g/mol. The number of aliphatic hydroxyl groups excluding tert-OH is 3. The van der Waals surface area contributed by atoms with Gasteiger partial charge in [-0.3, -0.25) is 9.35 Å². The second-order valence-electron chi connectivity index (χ2n) is 7.80. The van der Waals surface area contributed by atoms with Gasteiger partial charge in [0, 0.05) is 17.7 Å². The molecule has 14 heteroatoms. The van der Waals surface area contributed by atoms with Crippen LogP contribution in [0.15, 0.2) is 45.6 Å². The Morgan fingerprint density at radius 1 is 0.971 bits per heavy atom. The van der Waals surface area contributed by atoms with E-state index in [-0.39, 0.29) is 11.5 Å². The molecule has 0 radical (unpaired) electrons. The minimum atomic E-state index is -5.24. The molecule has 1 fully saturated rings. The summed E-state index contributed by atoms with van der Waals surface area (Å²) in [5, 5.41) is 60.2. The number of hydrogen-bond acceptors (Lipinski definition) is 12. The van der Waals surface area contributed by atoms with Crippen molar-refractivity contribution in [2.75, 3.05) is 6.61 Å². The number of fused-ring (bicyclic) bond motifs is 1. The third-order valence-corrected chi connectivity index (χ3v) is 6.00. The predicted molar refractivity (Wildman–Crippen MR) is 116 cm³/mol. The van der Waals surface area contributed by atoms with Crippen molar-refractivity contribution in [3.05, 3.63) is 52.2 Å². The SMILES string of the molecule is O=c1cc(-c2ccc(O)cc2)oc2c(C3OC(CO)C(O)C(O)C3OS(=O)(=O)O)c(O)cc(O)c12. The third-order valence-electron chi connectivity index (χ3n) is 5.53. The molecule has 5 atom stereocenters. The first-order chi connectivity index (χ1) is 16.4. The Bertz CT molecular complexity index is 1410. The molecule has 188 valence electrons. The number of aliphatic hydroxyl groups is 3. The van der Waals surface area contributed by atoms with Gasteiger partial charge in [-0.2, -0.15) is 8.42 Å². The quantitative estimate of drug-likeness (QED) is 0.222. The van der Waals surface area contributed by atoms with Crippen LogP contribution in [0.1, 0.15) is 11.7 Å². The maximum absolute atomic E-state index is 12.9. The molecule has 0 spiro atoms. The number of hydrogen-bond donors (Lipinski definition) is 7. The van der Waals surface area contributed by atoms with E-state index in [4.69, 9.17) is 9.15 Å². The van der Waals surface area contributed by atoms with Crippen LogP contribution >= 0.6 is 0 Å². The molecule has 4 rings (SSSR count). The zero-order valence-corrected chi connectivity index (χ0v) is 18.4. The Hall–Kier alpha value is -3.24. The lowest BCUT2D eigenvalue weighted by Gasteiger charge is -2.41. The zero-order valence-electron chi connectivity index (χ0n) is 17.5. The molecular formula is C21H20O13S. The van der Waals surface area contributed by atoms with Gasteiger partial charge in [-0.05, 0) is 24.3 Å². The molecule has 13 nitrogen and oxygen atoms in total. The van der Waals surface area contributed by atoms with Gasteiger partial charge in [0.2, 0.25) is 0 Å². The average Bonchev–Trinajstić information content (AvgIpc) is 2.77. The molecule has 0 amide bonds. The second kappa shape index (κ2) is 9.09. The average molecular weight is 512 g/mol. The number of rotatable bonds is 5. The van der Waals surface area contributed by atoms with Crippen molar-refractivity contribution in [3.63, 3.8) is 0 Å². The van der Waals surface area contributed by atoms with Crippen molar-refractivity contribution in [2.24, 2.45) is 0 Å². The van der Waals surface area contributed by atoms with E-state index in [1.54, 1.807) is 0 Å². The molecule has 1 aromatic heterocycles. The van der Waals surface area contributed by atoms with E-state index >= 15 is 0 Å². The number of aromatic hydroxyl groups is 3. The predicted octanol–water partition coefficient (Wildman–Crippen LogP) is -0.0812. The molecule has 1 saturated heterocycles. The molecule has 35 heavy (non-hydrogen) atoms. The van der Waals surface area contributed by atoms with Gasteiger partial charge < -0.3 is 39.8 Å². The second-order valence-corrected chi connectivity index (χ2v) is 8.85. The Kier molecular flexibility index (Phi) is 6.46. The van der Waals surface area contributed by atoms with Crippen LogP contribution in [0.5, 0.6) is 17.2 Å². The fraction of sp³-hybridized carbons (Fsp3) is 0.286. The lowest BCUT2D eigenvalue weighted by Crippen LogP contribution is -2.56. The lowest BCUT2D eigenvalue weighted by atomic mass is 9.89. The third kappa shape index (κ3) is 4.68. The van der Waals surface area contributed by atoms with Crippen molar-refractivity contribution in [1.29, 1.82) is 0 Å². The number of phenolic OH excluding ortho intramolecular Hbond substituents is 3. The molecule has 3 aromatic rings.